The van der Waals surface area contributed by atoms with Gasteiger partial charge in [-0.05, 0) is 61.0 Å². The Hall–Kier alpha value is -4.84. The summed E-state index contributed by atoms with van der Waals surface area (Å²) in [5.41, 5.74) is 6.61. The zero-order valence-corrected chi connectivity index (χ0v) is 24.5. The van der Waals surface area contributed by atoms with Crippen LogP contribution in [0.4, 0.5) is 18.9 Å². The van der Waals surface area contributed by atoms with E-state index < -0.39 is 17.6 Å². The highest BCUT2D eigenvalue weighted by Crippen LogP contribution is 2.66. The Bertz CT molecular complexity index is 1750. The Morgan fingerprint density at radius 1 is 1.07 bits per heavy atom. The Morgan fingerprint density at radius 2 is 1.73 bits per heavy atom. The first-order valence-corrected chi connectivity index (χ1v) is 13.6. The SMILES string of the molecule is COc1cc2c(cc1OC)[C@]1(C[C@H]1c1ccc3c(C=Cc4ccc(CN(C)C)cc4)n[nH]c3c1)C(=O)N2.O=C(O)C(F)(F)F. The molecule has 12 heteroatoms. The Labute approximate surface area is 251 Å². The van der Waals surface area contributed by atoms with Crippen LogP contribution in [0, 0.1) is 0 Å². The number of anilines is 1. The second-order valence-electron chi connectivity index (χ2n) is 11.0. The fourth-order valence-corrected chi connectivity index (χ4v) is 5.60. The van der Waals surface area contributed by atoms with Crippen molar-refractivity contribution < 1.29 is 37.3 Å². The number of alkyl halides is 3. The fraction of sp³-hybridized carbons (Fsp3) is 0.281. The molecule has 0 saturated heterocycles. The number of nitrogens with zero attached hydrogens (tertiary/aromatic N) is 2. The number of carbonyl (C=O) groups is 2. The van der Waals surface area contributed by atoms with Crippen LogP contribution >= 0.6 is 0 Å². The van der Waals surface area contributed by atoms with Gasteiger partial charge in [-0.3, -0.25) is 9.89 Å². The van der Waals surface area contributed by atoms with Gasteiger partial charge in [-0.2, -0.15) is 18.3 Å². The van der Waals surface area contributed by atoms with Gasteiger partial charge in [0.2, 0.25) is 5.91 Å². The molecule has 1 aliphatic heterocycles. The van der Waals surface area contributed by atoms with Crippen molar-refractivity contribution in [3.05, 3.63) is 82.5 Å². The normalized spacial score (nSPS) is 18.7. The third-order valence-electron chi connectivity index (χ3n) is 7.79. The number of aliphatic carboxylic acids is 1. The van der Waals surface area contributed by atoms with Crippen molar-refractivity contribution in [1.82, 2.24) is 15.1 Å². The number of H-pyrrole nitrogens is 1. The molecule has 1 fully saturated rings. The molecule has 1 aromatic heterocycles. The number of amides is 1. The lowest BCUT2D eigenvalue weighted by atomic mass is 9.91. The molecule has 3 aromatic carbocycles. The van der Waals surface area contributed by atoms with Crippen LogP contribution in [0.2, 0.25) is 0 Å². The van der Waals surface area contributed by atoms with E-state index >= 15 is 0 Å². The molecule has 6 rings (SSSR count). The number of ether oxygens (including phenoxy) is 2. The predicted molar refractivity (Wildman–Crippen MR) is 160 cm³/mol. The molecule has 1 aliphatic carbocycles. The average Bonchev–Trinajstić information content (AvgIpc) is 3.52. The number of nitrogens with one attached hydrogen (secondary N) is 2. The van der Waals surface area contributed by atoms with Crippen LogP contribution in [0.3, 0.4) is 0 Å². The van der Waals surface area contributed by atoms with Gasteiger partial charge in [0.1, 0.15) is 0 Å². The molecule has 0 radical (unpaired) electrons. The summed E-state index contributed by atoms with van der Waals surface area (Å²) in [5.74, 6) is -1.38. The zero-order valence-electron chi connectivity index (χ0n) is 24.5. The van der Waals surface area contributed by atoms with Crippen molar-refractivity contribution in [3.8, 4) is 11.5 Å². The Balaban J connectivity index is 0.000000493. The number of hydrogen-bond acceptors (Lipinski definition) is 6. The summed E-state index contributed by atoms with van der Waals surface area (Å²) in [6.45, 7) is 0.924. The summed E-state index contributed by atoms with van der Waals surface area (Å²) in [5, 5.41) is 19.0. The first-order valence-electron chi connectivity index (χ1n) is 13.6. The number of carboxylic acids is 1. The van der Waals surface area contributed by atoms with Crippen molar-refractivity contribution in [1.29, 1.82) is 0 Å². The van der Waals surface area contributed by atoms with Gasteiger partial charge in [-0.1, -0.05) is 42.5 Å². The van der Waals surface area contributed by atoms with Crippen molar-refractivity contribution in [3.63, 3.8) is 0 Å². The first kappa shape index (κ1) is 30.6. The molecule has 0 bridgehead atoms. The number of fused-ring (bicyclic) bond motifs is 3. The summed E-state index contributed by atoms with van der Waals surface area (Å²) in [7, 11) is 7.35. The smallest absolute Gasteiger partial charge is 0.490 e. The van der Waals surface area contributed by atoms with E-state index in [2.05, 4.69) is 83.0 Å². The molecule has 9 nitrogen and oxygen atoms in total. The van der Waals surface area contributed by atoms with Crippen LogP contribution < -0.4 is 14.8 Å². The molecular weight excluding hydrogens is 577 g/mol. The summed E-state index contributed by atoms with van der Waals surface area (Å²) in [6.07, 6.45) is -0.198. The lowest BCUT2D eigenvalue weighted by molar-refractivity contribution is -0.192. The van der Waals surface area contributed by atoms with Gasteiger partial charge in [0, 0.05) is 29.6 Å². The van der Waals surface area contributed by atoms with Gasteiger partial charge in [0.15, 0.2) is 11.5 Å². The van der Waals surface area contributed by atoms with Gasteiger partial charge >= 0.3 is 12.1 Å². The quantitative estimate of drug-likeness (QED) is 0.242. The number of halogens is 3. The molecule has 3 N–H and O–H groups in total. The van der Waals surface area contributed by atoms with Crippen LogP contribution in [-0.4, -0.2) is 66.6 Å². The van der Waals surface area contributed by atoms with Crippen molar-refractivity contribution in [2.24, 2.45) is 0 Å². The number of aromatic nitrogens is 2. The van der Waals surface area contributed by atoms with Gasteiger partial charge in [-0.25, -0.2) is 4.79 Å². The highest BCUT2D eigenvalue weighted by Gasteiger charge is 2.65. The number of carbonyl (C=O) groups excluding carboxylic acids is 1. The minimum atomic E-state index is -5.08. The molecule has 230 valence electrons. The maximum Gasteiger partial charge on any atom is 0.490 e. The summed E-state index contributed by atoms with van der Waals surface area (Å²) >= 11 is 0. The van der Waals surface area contributed by atoms with Crippen LogP contribution in [0.5, 0.6) is 11.5 Å². The van der Waals surface area contributed by atoms with E-state index in [1.807, 2.05) is 18.2 Å². The first-order chi connectivity index (χ1) is 20.9. The van der Waals surface area contributed by atoms with E-state index in [0.29, 0.717) is 11.5 Å². The number of methoxy groups -OCH3 is 2. The molecule has 2 atom stereocenters. The summed E-state index contributed by atoms with van der Waals surface area (Å²) in [6, 6.07) is 18.7. The number of rotatable bonds is 7. The Morgan fingerprint density at radius 3 is 2.34 bits per heavy atom. The highest BCUT2D eigenvalue weighted by molar-refractivity contribution is 6.10. The molecule has 4 aromatic rings. The number of aromatic amines is 1. The average molecular weight is 609 g/mol. The van der Waals surface area contributed by atoms with E-state index in [-0.39, 0.29) is 11.8 Å². The van der Waals surface area contributed by atoms with Crippen molar-refractivity contribution >= 4 is 40.6 Å². The second-order valence-corrected chi connectivity index (χ2v) is 11.0. The lowest BCUT2D eigenvalue weighted by Gasteiger charge is -2.13. The third kappa shape index (κ3) is 5.85. The van der Waals surface area contributed by atoms with E-state index in [4.69, 9.17) is 19.4 Å². The predicted octanol–water partition coefficient (Wildman–Crippen LogP) is 5.82. The zero-order chi connectivity index (χ0) is 31.8. The maximum atomic E-state index is 13.1. The van der Waals surface area contributed by atoms with Crippen LogP contribution in [0.25, 0.3) is 23.1 Å². The van der Waals surface area contributed by atoms with Crippen molar-refractivity contribution in [2.75, 3.05) is 33.6 Å². The van der Waals surface area contributed by atoms with E-state index in [9.17, 15) is 18.0 Å². The summed E-state index contributed by atoms with van der Waals surface area (Å²) in [4.78, 5) is 24.2. The monoisotopic (exact) mass is 608 g/mol. The van der Waals surface area contributed by atoms with Gasteiger partial charge in [0.25, 0.3) is 0 Å². The van der Waals surface area contributed by atoms with Crippen LogP contribution in [-0.2, 0) is 21.5 Å². The molecule has 1 saturated carbocycles. The van der Waals surface area contributed by atoms with E-state index in [1.54, 1.807) is 14.2 Å². The van der Waals surface area contributed by atoms with Gasteiger partial charge < -0.3 is 24.8 Å². The molecule has 2 heterocycles. The standard InChI is InChI=1S/C30H30N4O3.C2HF3O2/c1-34(2)17-19-7-5-18(6-8-19)9-12-24-21-11-10-20(13-25(21)33-32-24)23-16-30(23)22-14-27(36-3)28(37-4)15-26(22)31-29(30)35;3-2(4,5)1(6)7/h5-15,23H,16-17H2,1-4H3,(H,31,35)(H,32,33);(H,6,7)/t23-,30-;/m0./s1. The summed E-state index contributed by atoms with van der Waals surface area (Å²) < 4.78 is 42.7. The lowest BCUT2D eigenvalue weighted by Crippen LogP contribution is -2.21. The molecule has 1 amide bonds. The largest absolute Gasteiger partial charge is 0.493 e. The fourth-order valence-electron chi connectivity index (χ4n) is 5.60. The molecule has 44 heavy (non-hydrogen) atoms. The topological polar surface area (TPSA) is 117 Å². The van der Waals surface area contributed by atoms with Crippen LogP contribution in [0.1, 0.15) is 40.3 Å². The molecular formula is C32H31F3N4O5. The van der Waals surface area contributed by atoms with Crippen LogP contribution in [0.15, 0.2) is 54.6 Å². The Kier molecular flexibility index (Phi) is 8.13. The third-order valence-corrected chi connectivity index (χ3v) is 7.79. The molecule has 2 aliphatic rings. The minimum Gasteiger partial charge on any atom is -0.493 e. The molecule has 0 unspecified atom stereocenters. The van der Waals surface area contributed by atoms with Gasteiger partial charge in [0.05, 0.1) is 30.8 Å². The molecule has 1 spiro atoms. The second kappa shape index (κ2) is 11.7. The number of benzene rings is 3. The maximum absolute atomic E-state index is 13.1. The number of carboxylic acid groups (broad SMARTS) is 1. The minimum absolute atomic E-state index is 0.0349. The van der Waals surface area contributed by atoms with E-state index in [0.717, 1.165) is 51.9 Å². The number of hydrogen-bond donors (Lipinski definition) is 3. The highest BCUT2D eigenvalue weighted by atomic mass is 19.4. The van der Waals surface area contributed by atoms with E-state index in [1.165, 1.54) is 5.56 Å². The van der Waals surface area contributed by atoms with Crippen molar-refractivity contribution in [2.45, 2.75) is 30.5 Å². The van der Waals surface area contributed by atoms with Gasteiger partial charge in [-0.15, -0.1) is 0 Å².